The van der Waals surface area contributed by atoms with E-state index in [9.17, 15) is 20.1 Å². The number of aliphatic hydroxyl groups is 2. The van der Waals surface area contributed by atoms with Crippen molar-refractivity contribution in [3.63, 3.8) is 0 Å². The highest BCUT2D eigenvalue weighted by molar-refractivity contribution is 5.69. The molecule has 0 amide bonds. The number of aliphatic hydroxyl groups excluding tert-OH is 2. The summed E-state index contributed by atoms with van der Waals surface area (Å²) >= 11 is 0. The van der Waals surface area contributed by atoms with Crippen LogP contribution in [0.2, 0.25) is 0 Å². The number of carbonyl (C=O) groups is 1. The zero-order valence-corrected chi connectivity index (χ0v) is 18.3. The first-order valence-corrected chi connectivity index (χ1v) is 11.6. The summed E-state index contributed by atoms with van der Waals surface area (Å²) in [5.41, 5.74) is 0. The van der Waals surface area contributed by atoms with Crippen LogP contribution in [-0.2, 0) is 9.53 Å². The van der Waals surface area contributed by atoms with E-state index in [1.807, 2.05) is 43.3 Å². The second-order valence-corrected chi connectivity index (χ2v) is 8.91. The number of benzene rings is 1. The van der Waals surface area contributed by atoms with Gasteiger partial charge in [0, 0.05) is 12.3 Å². The van der Waals surface area contributed by atoms with Gasteiger partial charge in [-0.2, -0.15) is 0 Å². The average molecular weight is 433 g/mol. The fraction of sp³-hybridized carbons (Fsp3) is 0.640. The molecular formula is C25H36O6. The fourth-order valence-corrected chi connectivity index (χ4v) is 5.00. The van der Waals surface area contributed by atoms with Crippen molar-refractivity contribution >= 4 is 5.97 Å². The molecule has 172 valence electrons. The van der Waals surface area contributed by atoms with Crippen LogP contribution in [0.15, 0.2) is 42.5 Å². The second kappa shape index (κ2) is 11.7. The van der Waals surface area contributed by atoms with Gasteiger partial charge in [0.1, 0.15) is 18.5 Å². The first-order chi connectivity index (χ1) is 15.0. The molecule has 1 saturated carbocycles. The summed E-state index contributed by atoms with van der Waals surface area (Å²) in [5.74, 6) is -0.283. The average Bonchev–Trinajstić information content (AvgIpc) is 2.91. The Kier molecular flexibility index (Phi) is 8.93. The largest absolute Gasteiger partial charge is 0.491 e. The third-order valence-electron chi connectivity index (χ3n) is 6.57. The SMILES string of the molecule is CCCC(C[C@@H]1CCC[C@@H]2[C@@H](C=C[C@@H](O)COc3ccccc3)[C@H](O)C[C@@H]2O1)C(=O)O. The summed E-state index contributed by atoms with van der Waals surface area (Å²) in [7, 11) is 0. The van der Waals surface area contributed by atoms with E-state index in [1.54, 1.807) is 6.08 Å². The van der Waals surface area contributed by atoms with Gasteiger partial charge in [0.05, 0.1) is 24.2 Å². The van der Waals surface area contributed by atoms with E-state index in [0.29, 0.717) is 25.0 Å². The molecule has 1 aromatic rings. The fourth-order valence-electron chi connectivity index (χ4n) is 5.00. The normalized spacial score (nSPS) is 30.5. The van der Waals surface area contributed by atoms with Gasteiger partial charge in [-0.15, -0.1) is 0 Å². The zero-order chi connectivity index (χ0) is 22.2. The molecule has 1 aromatic carbocycles. The molecule has 0 aromatic heterocycles. The van der Waals surface area contributed by atoms with Crippen molar-refractivity contribution in [1.82, 2.24) is 0 Å². The lowest BCUT2D eigenvalue weighted by atomic mass is 9.88. The van der Waals surface area contributed by atoms with Crippen molar-refractivity contribution in [3.8, 4) is 5.75 Å². The second-order valence-electron chi connectivity index (χ2n) is 8.91. The number of para-hydroxylation sites is 1. The third-order valence-corrected chi connectivity index (χ3v) is 6.57. The van der Waals surface area contributed by atoms with Crippen molar-refractivity contribution in [2.24, 2.45) is 17.8 Å². The van der Waals surface area contributed by atoms with Crippen LogP contribution in [0.5, 0.6) is 5.75 Å². The number of aliphatic carboxylic acids is 1. The van der Waals surface area contributed by atoms with Crippen molar-refractivity contribution in [3.05, 3.63) is 42.5 Å². The number of hydrogen-bond acceptors (Lipinski definition) is 5. The Balaban J connectivity index is 1.54. The van der Waals surface area contributed by atoms with E-state index in [4.69, 9.17) is 9.47 Å². The van der Waals surface area contributed by atoms with Gasteiger partial charge in [-0.1, -0.05) is 50.1 Å². The Hall–Kier alpha value is -1.89. The molecule has 0 bridgehead atoms. The number of rotatable bonds is 10. The van der Waals surface area contributed by atoms with Crippen LogP contribution in [0.3, 0.4) is 0 Å². The Bertz CT molecular complexity index is 705. The van der Waals surface area contributed by atoms with Gasteiger partial charge >= 0.3 is 5.97 Å². The molecule has 3 rings (SSSR count). The summed E-state index contributed by atoms with van der Waals surface area (Å²) in [4.78, 5) is 11.5. The van der Waals surface area contributed by atoms with Crippen LogP contribution >= 0.6 is 0 Å². The molecule has 31 heavy (non-hydrogen) atoms. The lowest BCUT2D eigenvalue weighted by Gasteiger charge is -2.25. The Morgan fingerprint density at radius 2 is 2.06 bits per heavy atom. The first kappa shape index (κ1) is 23.8. The molecule has 0 spiro atoms. The van der Waals surface area contributed by atoms with Gasteiger partial charge in [0.2, 0.25) is 0 Å². The lowest BCUT2D eigenvalue weighted by molar-refractivity contribution is -0.144. The van der Waals surface area contributed by atoms with E-state index in [0.717, 1.165) is 25.7 Å². The standard InChI is InChI=1S/C25H36O6/c1-2-7-17(25(28)29)14-20-10-6-11-22-21(23(27)15-24(22)31-20)13-12-18(26)16-30-19-8-4-3-5-9-19/h3-5,8-9,12-13,17-18,20-24,26-27H,2,6-7,10-11,14-16H2,1H3,(H,28,29)/t17?,18-,20+,21-,22-,23-,24+/m1/s1. The summed E-state index contributed by atoms with van der Waals surface area (Å²) < 4.78 is 11.9. The molecule has 6 nitrogen and oxygen atoms in total. The van der Waals surface area contributed by atoms with E-state index in [1.165, 1.54) is 0 Å². The number of carboxylic acid groups (broad SMARTS) is 1. The molecule has 1 saturated heterocycles. The van der Waals surface area contributed by atoms with E-state index < -0.39 is 18.2 Å². The minimum absolute atomic E-state index is 0.0640. The predicted octanol–water partition coefficient (Wildman–Crippen LogP) is 3.81. The molecule has 1 aliphatic heterocycles. The highest BCUT2D eigenvalue weighted by Gasteiger charge is 2.44. The monoisotopic (exact) mass is 432 g/mol. The summed E-state index contributed by atoms with van der Waals surface area (Å²) in [6, 6.07) is 9.36. The smallest absolute Gasteiger partial charge is 0.306 e. The minimum Gasteiger partial charge on any atom is -0.491 e. The first-order valence-electron chi connectivity index (χ1n) is 11.6. The van der Waals surface area contributed by atoms with Crippen molar-refractivity contribution in [2.45, 2.75) is 76.3 Å². The molecule has 7 atom stereocenters. The highest BCUT2D eigenvalue weighted by Crippen LogP contribution is 2.42. The number of hydrogen-bond donors (Lipinski definition) is 3. The van der Waals surface area contributed by atoms with Gasteiger partial charge in [0.15, 0.2) is 0 Å². The van der Waals surface area contributed by atoms with E-state index in [-0.39, 0.29) is 36.6 Å². The maximum Gasteiger partial charge on any atom is 0.306 e. The molecule has 6 heteroatoms. The molecular weight excluding hydrogens is 396 g/mol. The van der Waals surface area contributed by atoms with Gasteiger partial charge < -0.3 is 24.8 Å². The van der Waals surface area contributed by atoms with Crippen molar-refractivity contribution in [1.29, 1.82) is 0 Å². The summed E-state index contributed by atoms with van der Waals surface area (Å²) in [6.45, 7) is 2.16. The van der Waals surface area contributed by atoms with Crippen molar-refractivity contribution < 1.29 is 29.6 Å². The molecule has 0 radical (unpaired) electrons. The van der Waals surface area contributed by atoms with Crippen LogP contribution in [0.4, 0.5) is 0 Å². The molecule has 1 unspecified atom stereocenters. The van der Waals surface area contributed by atoms with Gasteiger partial charge in [-0.3, -0.25) is 4.79 Å². The summed E-state index contributed by atoms with van der Waals surface area (Å²) in [5, 5.41) is 30.4. The molecule has 3 N–H and O–H groups in total. The quantitative estimate of drug-likeness (QED) is 0.487. The molecule has 1 heterocycles. The third kappa shape index (κ3) is 6.79. The Labute approximate surface area is 184 Å². The maximum atomic E-state index is 11.5. The lowest BCUT2D eigenvalue weighted by Crippen LogP contribution is -2.27. The highest BCUT2D eigenvalue weighted by atomic mass is 16.5. The maximum absolute atomic E-state index is 11.5. The molecule has 2 aliphatic rings. The van der Waals surface area contributed by atoms with Crippen LogP contribution < -0.4 is 4.74 Å². The van der Waals surface area contributed by atoms with Crippen LogP contribution in [0, 0.1) is 17.8 Å². The van der Waals surface area contributed by atoms with E-state index >= 15 is 0 Å². The van der Waals surface area contributed by atoms with Gasteiger partial charge in [-0.25, -0.2) is 0 Å². The van der Waals surface area contributed by atoms with Crippen LogP contribution in [0.25, 0.3) is 0 Å². The Morgan fingerprint density at radius 3 is 2.77 bits per heavy atom. The summed E-state index contributed by atoms with van der Waals surface area (Å²) in [6.07, 6.45) is 7.59. The zero-order valence-electron chi connectivity index (χ0n) is 18.3. The van der Waals surface area contributed by atoms with E-state index in [2.05, 4.69) is 0 Å². The van der Waals surface area contributed by atoms with Gasteiger partial charge in [0.25, 0.3) is 0 Å². The predicted molar refractivity (Wildman–Crippen MR) is 118 cm³/mol. The van der Waals surface area contributed by atoms with Crippen molar-refractivity contribution in [2.75, 3.05) is 6.61 Å². The minimum atomic E-state index is -0.753. The van der Waals surface area contributed by atoms with Crippen LogP contribution in [0.1, 0.15) is 51.9 Å². The van der Waals surface area contributed by atoms with Crippen LogP contribution in [-0.4, -0.2) is 52.3 Å². The number of fused-ring (bicyclic) bond motifs is 1. The van der Waals surface area contributed by atoms with Gasteiger partial charge in [-0.05, 0) is 43.7 Å². The Morgan fingerprint density at radius 1 is 1.29 bits per heavy atom. The molecule has 1 aliphatic carbocycles. The number of ether oxygens (including phenoxy) is 2. The molecule has 2 fully saturated rings. The number of carboxylic acids is 1. The topological polar surface area (TPSA) is 96.2 Å².